The van der Waals surface area contributed by atoms with E-state index in [1.165, 1.54) is 62.2 Å². The number of nitriles is 1. The van der Waals surface area contributed by atoms with Crippen molar-refractivity contribution in [3.8, 4) is 6.07 Å². The summed E-state index contributed by atoms with van der Waals surface area (Å²) in [4.78, 5) is 85.9. The van der Waals surface area contributed by atoms with Crippen LogP contribution in [0.25, 0.3) is 0 Å². The van der Waals surface area contributed by atoms with Crippen LogP contribution in [-0.4, -0.2) is 180 Å². The Morgan fingerprint density at radius 3 is 1.63 bits per heavy atom. The molecule has 0 bridgehead atoms. The van der Waals surface area contributed by atoms with E-state index in [1.807, 2.05) is 53.7 Å². The summed E-state index contributed by atoms with van der Waals surface area (Å²) in [5.74, 6) is 11.3. The van der Waals surface area contributed by atoms with Crippen molar-refractivity contribution in [1.82, 2.24) is 63.3 Å². The van der Waals surface area contributed by atoms with Gasteiger partial charge in [0.05, 0.1) is 48.3 Å². The van der Waals surface area contributed by atoms with E-state index in [-0.39, 0.29) is 53.0 Å². The van der Waals surface area contributed by atoms with E-state index in [9.17, 15) is 41.2 Å². The molecule has 0 radical (unpaired) electrons. The van der Waals surface area contributed by atoms with Crippen molar-refractivity contribution in [1.29, 1.82) is 5.26 Å². The summed E-state index contributed by atoms with van der Waals surface area (Å²) in [6, 6.07) is 11.4. The zero-order valence-electron chi connectivity index (χ0n) is 96.0. The van der Waals surface area contributed by atoms with Crippen LogP contribution in [0, 0.1) is 118 Å². The van der Waals surface area contributed by atoms with Crippen LogP contribution in [0.15, 0.2) is 130 Å². The van der Waals surface area contributed by atoms with Crippen LogP contribution in [0.3, 0.4) is 0 Å². The largest absolute Gasteiger partial charge is 0.357 e. The molecule has 2 saturated heterocycles. The molecule has 10 heterocycles. The third kappa shape index (κ3) is 24.8. The first kappa shape index (κ1) is 118. The second-order valence-electron chi connectivity index (χ2n) is 47.5. The van der Waals surface area contributed by atoms with Gasteiger partial charge in [0.25, 0.3) is 5.56 Å². The van der Waals surface area contributed by atoms with Crippen LogP contribution in [-0.2, 0) is 30.7 Å². The fraction of sp³-hybridized carbons (Fsp3) is 0.703. The molecule has 3 aromatic heterocycles. The van der Waals surface area contributed by atoms with E-state index in [4.69, 9.17) is 14.7 Å². The number of allylic oxidation sites excluding steroid dienone is 6. The highest BCUT2D eigenvalue weighted by Crippen LogP contribution is 2.53. The number of sulfone groups is 1. The minimum atomic E-state index is -3.11. The second kappa shape index (κ2) is 49.3. The van der Waals surface area contributed by atoms with Crippen molar-refractivity contribution >= 4 is 28.1 Å². The normalized spacial score (nSPS) is 29.1. The van der Waals surface area contributed by atoms with Gasteiger partial charge >= 0.3 is 11.7 Å². The maximum Gasteiger partial charge on any atom is 0.347 e. The molecule has 0 saturated carbocycles. The number of carbonyl (C=O) groups excluding carboxylic acids is 2. The molecule has 7 aliphatic heterocycles. The molecule has 1 N–H and O–H groups in total. The number of pyridine rings is 1. The van der Waals surface area contributed by atoms with Crippen LogP contribution in [0.2, 0.25) is 0 Å². The molecular formula is C118H185F2N15O9S. The van der Waals surface area contributed by atoms with Crippen molar-refractivity contribution < 1.29 is 36.3 Å². The van der Waals surface area contributed by atoms with Gasteiger partial charge in [0, 0.05) is 221 Å². The van der Waals surface area contributed by atoms with Gasteiger partial charge in [-0.2, -0.15) is 10.2 Å². The zero-order chi connectivity index (χ0) is 108. The molecule has 2 fully saturated rings. The predicted octanol–water partition coefficient (Wildman–Crippen LogP) is 24.0. The third-order valence-electron chi connectivity index (χ3n) is 35.3. The Morgan fingerprint density at radius 1 is 0.524 bits per heavy atom. The lowest BCUT2D eigenvalue weighted by molar-refractivity contribution is -0.133. The number of nitrogens with one attached hydrogen (secondary N) is 1. The Kier molecular flexibility index (Phi) is 40.1. The molecule has 8 aliphatic carbocycles. The number of rotatable bonds is 13. The summed E-state index contributed by atoms with van der Waals surface area (Å²) in [7, 11) is -3.11. The molecule has 4 aromatic rings. The Bertz CT molecular complexity index is 5700. The van der Waals surface area contributed by atoms with Crippen molar-refractivity contribution in [2.75, 3.05) is 59.3 Å². The number of piperidine rings is 2. The number of carbonyl (C=O) groups is 2. The first-order chi connectivity index (χ1) is 67.8. The first-order valence-electron chi connectivity index (χ1n) is 55.1. The maximum absolute atomic E-state index is 13.7. The molecule has 3 amide bonds. The highest BCUT2D eigenvalue weighted by Gasteiger charge is 2.49. The molecule has 19 rings (SSSR count). The van der Waals surface area contributed by atoms with Crippen LogP contribution in [0.4, 0.5) is 13.6 Å². The zero-order valence-corrected chi connectivity index (χ0v) is 96.8. The Balaban J connectivity index is 0.000000165. The Hall–Kier alpha value is -8.84. The minimum absolute atomic E-state index is 0.00458. The summed E-state index contributed by atoms with van der Waals surface area (Å²) in [6.45, 7) is 93.5. The van der Waals surface area contributed by atoms with Crippen LogP contribution >= 0.6 is 0 Å². The van der Waals surface area contributed by atoms with Gasteiger partial charge in [-0.3, -0.25) is 33.7 Å². The number of aliphatic imine (C=N–C) groups is 1. The summed E-state index contributed by atoms with van der Waals surface area (Å²) in [5, 5.41) is 12.7. The van der Waals surface area contributed by atoms with Gasteiger partial charge in [-0.15, -0.1) is 0 Å². The predicted molar refractivity (Wildman–Crippen MR) is 585 cm³/mol. The Morgan fingerprint density at radius 2 is 1.06 bits per heavy atom. The lowest BCUT2D eigenvalue weighted by Gasteiger charge is -2.51. The number of halogens is 2. The molecule has 17 unspecified atom stereocenters. The smallest absolute Gasteiger partial charge is 0.347 e. The molecule has 21 atom stereocenters. The van der Waals surface area contributed by atoms with E-state index in [0.29, 0.717) is 154 Å². The van der Waals surface area contributed by atoms with Crippen LogP contribution in [0.1, 0.15) is 382 Å². The Labute approximate surface area is 870 Å². The lowest BCUT2D eigenvalue weighted by Crippen LogP contribution is -2.55. The van der Waals surface area contributed by atoms with E-state index in [2.05, 4.69) is 303 Å². The van der Waals surface area contributed by atoms with Crippen molar-refractivity contribution in [2.24, 2.45) is 99.7 Å². The molecule has 0 spiro atoms. The highest BCUT2D eigenvalue weighted by molar-refractivity contribution is 7.98. The summed E-state index contributed by atoms with van der Waals surface area (Å²) in [6.07, 6.45) is 11.6. The molecular weight excluding hydrogens is 1840 g/mol. The summed E-state index contributed by atoms with van der Waals surface area (Å²) >= 11 is 0. The van der Waals surface area contributed by atoms with Crippen molar-refractivity contribution in [2.45, 2.75) is 386 Å². The van der Waals surface area contributed by atoms with Crippen molar-refractivity contribution in [3.63, 3.8) is 0 Å². The number of ether oxygens (including phenoxy) is 2. The quantitative estimate of drug-likeness (QED) is 0.131. The van der Waals surface area contributed by atoms with E-state index >= 15 is 0 Å². The average molecular weight is 2030 g/mol. The fourth-order valence-corrected chi connectivity index (χ4v) is 26.2. The number of benzene rings is 1. The second-order valence-corrected chi connectivity index (χ2v) is 49.3. The monoisotopic (exact) mass is 2030 g/mol. The third-order valence-corrected chi connectivity index (χ3v) is 37.0. The van der Waals surface area contributed by atoms with E-state index in [0.717, 1.165) is 119 Å². The number of aromatic nitrogens is 5. The number of urea groups is 1. The topological polar surface area (TPSA) is 249 Å². The highest BCUT2D eigenvalue weighted by atomic mass is 32.2. The molecule has 145 heavy (non-hydrogen) atoms. The van der Waals surface area contributed by atoms with Gasteiger partial charge in [-0.1, -0.05) is 164 Å². The number of likely N-dealkylation sites (tertiary alicyclic amines) is 2. The van der Waals surface area contributed by atoms with Crippen LogP contribution in [0.5, 0.6) is 0 Å². The van der Waals surface area contributed by atoms with E-state index < -0.39 is 21.5 Å². The summed E-state index contributed by atoms with van der Waals surface area (Å²) < 4.78 is 68.0. The number of hydrogen-bond acceptors (Lipinski definition) is 18. The number of hydrogen-bond donors (Lipinski definition) is 1. The van der Waals surface area contributed by atoms with Gasteiger partial charge in [-0.25, -0.2) is 31.8 Å². The van der Waals surface area contributed by atoms with E-state index in [1.54, 1.807) is 53.9 Å². The molecule has 27 heteroatoms. The van der Waals surface area contributed by atoms with Gasteiger partial charge in [0.2, 0.25) is 5.91 Å². The molecule has 1 aromatic carbocycles. The van der Waals surface area contributed by atoms with Gasteiger partial charge in [-0.05, 0) is 248 Å². The summed E-state index contributed by atoms with van der Waals surface area (Å²) in [5.41, 5.74) is 20.3. The van der Waals surface area contributed by atoms with Gasteiger partial charge < -0.3 is 48.4 Å². The number of amides is 3. The standard InChI is InChI=1S/C16H23F2N.C12H20N2O.C12H21NO.C12H17NO.C11H16N2O.C11H18N2O.C11H16N2O.C11H18N2.C11H17NO2S.C11H19NO/c1-11(2)14-10-19(8-7-12(14)3)9-13-5-4-6-15(17)16(13)18;1-9(2)11-8-14(7-5-10(11)3)12(15)4-6-13;1-7(2)13-6-14-10(5)11-8(3)9(4)12(11)13;1-7(2)13-6-5-10(14)11-8(3)9(4)12(11)13;1-6(2)13-5-12-11(14)9-7(3)8(4)10(9)13;2*1-6(2)13-10-8(4)7(3)9(10)5-12-11(13)14;1-7(2)13-6-12-5-10-8(3)9(4)11(10)13;1-7(2)12-5-6-15(13,14)11-9(4)8(3)10(11)12;1-7(2)12-6-13-5-10-8(3)9(4)11(10)12/h4-6,11-12,14H,7-10H2,1-3H3;9-11H,4-5,7-8H2,1-3H3;7-10H,6H2,1-5H3;5-9H,1-4H3;5-8H,1-4H3;6-8H,5H2,1-4H3,(H,12,14);5-8H,1-4H3;6-9H,5H2,1-4H3;5-9H,1-4H3;7-9H,5-6H2,1-4H3/t12-,14-;10-,11-;;;;;;;;/m11......../s1. The molecule has 806 valence electrons. The van der Waals surface area contributed by atoms with Crippen LogP contribution < -0.4 is 22.0 Å². The first-order valence-corrected chi connectivity index (χ1v) is 56.6. The minimum Gasteiger partial charge on any atom is -0.357 e. The van der Waals surface area contributed by atoms with Gasteiger partial charge in [0.1, 0.15) is 19.9 Å². The number of fused-ring (bicyclic) bond motifs is 3. The molecule has 24 nitrogen and oxygen atoms in total. The lowest BCUT2D eigenvalue weighted by atomic mass is 9.70. The van der Waals surface area contributed by atoms with Crippen molar-refractivity contribution in [3.05, 3.63) is 192 Å². The fourth-order valence-electron chi connectivity index (χ4n) is 24.4. The number of nitrogens with zero attached hydrogens (tertiary/aromatic N) is 14. The average Bonchev–Trinajstić information content (AvgIpc) is 0.720. The van der Waals surface area contributed by atoms with Gasteiger partial charge in [0.15, 0.2) is 26.9 Å². The SMILES string of the molecule is CC(C)[C@H]1CN(C(=O)CC#N)CC[C@H]1C.CC(C)[C@H]1CN(Cc2cccc(F)c2F)CC[C@H]1C.CC1C2=C(C1C)N(C(C)C)C(=O)NC2.CC1C2=C(C1C)N(C(C)C)C=NC2.CC1C2=C(C1C)N(C(C)C)COC2.CC1C2=C(C1C)S(=O)(=O)C=CN2C(C)C.CC1OCN(C(C)C)C2=C1C(C)C2C.CC1c2c(n(C(C)C)ccc2=O)C1C.CC1c2c(n(C(C)C)cnc2=O)C1C.CC1c2cnc(=O)n(C(C)C)c2C1C. The maximum atomic E-state index is 13.7. The molecule has 15 aliphatic rings.